The molecule has 0 radical (unpaired) electrons. The molecule has 3 rings (SSSR count). The third-order valence-electron chi connectivity index (χ3n) is 5.70. The highest BCUT2D eigenvalue weighted by molar-refractivity contribution is 14.0. The van der Waals surface area contributed by atoms with Crippen molar-refractivity contribution < 1.29 is 4.74 Å². The standard InChI is InChI=1S/C25H37N5O.HI/c1-4-26-25(28-19-23-7-6-8-24(17-23)31-3)27-18-21-9-11-22(12-10-21)20-30-15-13-29(5-2)14-16-30;/h6-12,17H,4-5,13-16,18-20H2,1-3H3,(H2,26,27,28);1H. The number of ether oxygens (including phenoxy) is 1. The Balaban J connectivity index is 0.00000363. The Morgan fingerprint density at radius 2 is 1.59 bits per heavy atom. The molecule has 2 aromatic carbocycles. The van der Waals surface area contributed by atoms with Crippen molar-refractivity contribution in [2.75, 3.05) is 46.4 Å². The molecule has 0 amide bonds. The second-order valence-corrected chi connectivity index (χ2v) is 7.93. The molecule has 0 aliphatic carbocycles. The summed E-state index contributed by atoms with van der Waals surface area (Å²) >= 11 is 0. The summed E-state index contributed by atoms with van der Waals surface area (Å²) in [6, 6.07) is 17.0. The molecular formula is C25H38IN5O. The van der Waals surface area contributed by atoms with E-state index in [-0.39, 0.29) is 24.0 Å². The van der Waals surface area contributed by atoms with E-state index in [0.717, 1.165) is 56.5 Å². The van der Waals surface area contributed by atoms with Crippen LogP contribution in [0.1, 0.15) is 30.5 Å². The topological polar surface area (TPSA) is 52.1 Å². The lowest BCUT2D eigenvalue weighted by molar-refractivity contribution is 0.132. The lowest BCUT2D eigenvalue weighted by atomic mass is 10.1. The number of hydrogen-bond acceptors (Lipinski definition) is 4. The average molecular weight is 552 g/mol. The first kappa shape index (κ1) is 26.4. The minimum atomic E-state index is 0. The van der Waals surface area contributed by atoms with Crippen LogP contribution in [0.5, 0.6) is 5.75 Å². The quantitative estimate of drug-likeness (QED) is 0.283. The highest BCUT2D eigenvalue weighted by Crippen LogP contribution is 2.13. The molecule has 2 aromatic rings. The predicted molar refractivity (Wildman–Crippen MR) is 144 cm³/mol. The Morgan fingerprint density at radius 1 is 0.906 bits per heavy atom. The summed E-state index contributed by atoms with van der Waals surface area (Å²) in [6.45, 7) is 13.4. The van der Waals surface area contributed by atoms with E-state index in [1.807, 2.05) is 18.2 Å². The zero-order valence-corrected chi connectivity index (χ0v) is 22.0. The van der Waals surface area contributed by atoms with Gasteiger partial charge in [0.2, 0.25) is 0 Å². The predicted octanol–water partition coefficient (Wildman–Crippen LogP) is 3.71. The summed E-state index contributed by atoms with van der Waals surface area (Å²) in [6.07, 6.45) is 0. The highest BCUT2D eigenvalue weighted by Gasteiger charge is 2.15. The molecule has 7 heteroatoms. The van der Waals surface area contributed by atoms with Crippen molar-refractivity contribution in [2.45, 2.75) is 33.5 Å². The minimum Gasteiger partial charge on any atom is -0.497 e. The van der Waals surface area contributed by atoms with Gasteiger partial charge in [-0.3, -0.25) is 4.90 Å². The summed E-state index contributed by atoms with van der Waals surface area (Å²) in [5.41, 5.74) is 3.76. The van der Waals surface area contributed by atoms with Crippen molar-refractivity contribution in [3.63, 3.8) is 0 Å². The Kier molecular flexibility index (Phi) is 11.8. The summed E-state index contributed by atoms with van der Waals surface area (Å²) < 4.78 is 5.30. The van der Waals surface area contributed by atoms with Gasteiger partial charge in [-0.05, 0) is 42.3 Å². The number of aliphatic imine (C=N–C) groups is 1. The zero-order chi connectivity index (χ0) is 21.9. The van der Waals surface area contributed by atoms with Crippen LogP contribution in [0.15, 0.2) is 53.5 Å². The number of hydrogen-bond donors (Lipinski definition) is 2. The van der Waals surface area contributed by atoms with Crippen LogP contribution in [0, 0.1) is 0 Å². The van der Waals surface area contributed by atoms with Gasteiger partial charge in [0, 0.05) is 45.8 Å². The number of halogens is 1. The molecule has 176 valence electrons. The maximum Gasteiger partial charge on any atom is 0.191 e. The lowest BCUT2D eigenvalue weighted by Crippen LogP contribution is -2.45. The Morgan fingerprint density at radius 3 is 2.25 bits per heavy atom. The van der Waals surface area contributed by atoms with Gasteiger partial charge in [0.1, 0.15) is 5.75 Å². The number of methoxy groups -OCH3 is 1. The molecule has 1 saturated heterocycles. The van der Waals surface area contributed by atoms with E-state index in [0.29, 0.717) is 6.54 Å². The fraction of sp³-hybridized carbons (Fsp3) is 0.480. The molecule has 0 saturated carbocycles. The van der Waals surface area contributed by atoms with Gasteiger partial charge in [-0.1, -0.05) is 43.3 Å². The summed E-state index contributed by atoms with van der Waals surface area (Å²) in [5.74, 6) is 1.68. The summed E-state index contributed by atoms with van der Waals surface area (Å²) in [5, 5.41) is 6.76. The number of nitrogens with one attached hydrogen (secondary N) is 2. The molecule has 1 fully saturated rings. The van der Waals surface area contributed by atoms with Gasteiger partial charge < -0.3 is 20.3 Å². The first-order chi connectivity index (χ1) is 15.2. The van der Waals surface area contributed by atoms with Crippen LogP contribution >= 0.6 is 24.0 Å². The van der Waals surface area contributed by atoms with E-state index >= 15 is 0 Å². The monoisotopic (exact) mass is 551 g/mol. The first-order valence-corrected chi connectivity index (χ1v) is 11.4. The highest BCUT2D eigenvalue weighted by atomic mass is 127. The molecule has 6 nitrogen and oxygen atoms in total. The fourth-order valence-electron chi connectivity index (χ4n) is 3.75. The summed E-state index contributed by atoms with van der Waals surface area (Å²) in [4.78, 5) is 9.78. The van der Waals surface area contributed by atoms with Gasteiger partial charge in [-0.25, -0.2) is 4.99 Å². The Hall–Kier alpha value is -1.84. The number of nitrogens with zero attached hydrogens (tertiary/aromatic N) is 3. The van der Waals surface area contributed by atoms with Gasteiger partial charge in [-0.15, -0.1) is 24.0 Å². The number of guanidine groups is 1. The van der Waals surface area contributed by atoms with Gasteiger partial charge in [-0.2, -0.15) is 0 Å². The van der Waals surface area contributed by atoms with E-state index in [4.69, 9.17) is 9.73 Å². The van der Waals surface area contributed by atoms with E-state index in [1.165, 1.54) is 24.2 Å². The summed E-state index contributed by atoms with van der Waals surface area (Å²) in [7, 11) is 1.69. The largest absolute Gasteiger partial charge is 0.497 e. The molecule has 0 bridgehead atoms. The van der Waals surface area contributed by atoms with Gasteiger partial charge in [0.15, 0.2) is 5.96 Å². The van der Waals surface area contributed by atoms with Gasteiger partial charge in [0.05, 0.1) is 13.7 Å². The molecule has 0 aromatic heterocycles. The first-order valence-electron chi connectivity index (χ1n) is 11.4. The third kappa shape index (κ3) is 8.60. The van der Waals surface area contributed by atoms with Crippen LogP contribution in [0.3, 0.4) is 0 Å². The van der Waals surface area contributed by atoms with Gasteiger partial charge >= 0.3 is 0 Å². The number of likely N-dealkylation sites (N-methyl/N-ethyl adjacent to an activating group) is 1. The van der Waals surface area contributed by atoms with E-state index in [2.05, 4.69) is 64.6 Å². The van der Waals surface area contributed by atoms with E-state index in [9.17, 15) is 0 Å². The maximum atomic E-state index is 5.30. The van der Waals surface area contributed by atoms with Crippen molar-refractivity contribution in [1.82, 2.24) is 20.4 Å². The van der Waals surface area contributed by atoms with Crippen molar-refractivity contribution >= 4 is 29.9 Å². The van der Waals surface area contributed by atoms with Gasteiger partial charge in [0.25, 0.3) is 0 Å². The molecule has 1 heterocycles. The van der Waals surface area contributed by atoms with Crippen LogP contribution in [-0.2, 0) is 19.6 Å². The molecule has 0 spiro atoms. The van der Waals surface area contributed by atoms with Crippen LogP contribution < -0.4 is 15.4 Å². The van der Waals surface area contributed by atoms with E-state index < -0.39 is 0 Å². The number of piperazine rings is 1. The van der Waals surface area contributed by atoms with Crippen LogP contribution in [0.2, 0.25) is 0 Å². The van der Waals surface area contributed by atoms with Crippen molar-refractivity contribution in [2.24, 2.45) is 4.99 Å². The molecule has 32 heavy (non-hydrogen) atoms. The Labute approximate surface area is 210 Å². The minimum absolute atomic E-state index is 0. The fourth-order valence-corrected chi connectivity index (χ4v) is 3.75. The third-order valence-corrected chi connectivity index (χ3v) is 5.70. The van der Waals surface area contributed by atoms with Crippen LogP contribution in [-0.4, -0.2) is 62.1 Å². The second kappa shape index (κ2) is 14.3. The molecule has 0 atom stereocenters. The van der Waals surface area contributed by atoms with Crippen LogP contribution in [0.25, 0.3) is 0 Å². The maximum absolute atomic E-state index is 5.30. The molecule has 1 aliphatic rings. The van der Waals surface area contributed by atoms with Crippen molar-refractivity contribution in [3.8, 4) is 5.75 Å². The smallest absolute Gasteiger partial charge is 0.191 e. The molecule has 2 N–H and O–H groups in total. The Bertz CT molecular complexity index is 819. The van der Waals surface area contributed by atoms with Crippen LogP contribution in [0.4, 0.5) is 0 Å². The molecule has 0 unspecified atom stereocenters. The normalized spacial score (nSPS) is 15.2. The SMILES string of the molecule is CCNC(=NCc1cccc(OC)c1)NCc1ccc(CN2CCN(CC)CC2)cc1.I. The molecular weight excluding hydrogens is 513 g/mol. The zero-order valence-electron chi connectivity index (χ0n) is 19.6. The average Bonchev–Trinajstić information content (AvgIpc) is 2.82. The number of rotatable bonds is 9. The molecule has 1 aliphatic heterocycles. The van der Waals surface area contributed by atoms with Crippen molar-refractivity contribution in [1.29, 1.82) is 0 Å². The van der Waals surface area contributed by atoms with E-state index in [1.54, 1.807) is 7.11 Å². The van der Waals surface area contributed by atoms with Crippen molar-refractivity contribution in [3.05, 3.63) is 65.2 Å². The second-order valence-electron chi connectivity index (χ2n) is 7.93. The number of benzene rings is 2. The lowest BCUT2D eigenvalue weighted by Gasteiger charge is -2.34.